The highest BCUT2D eigenvalue weighted by atomic mass is 127. The summed E-state index contributed by atoms with van der Waals surface area (Å²) < 4.78 is 4.51. The summed E-state index contributed by atoms with van der Waals surface area (Å²) in [4.78, 5) is 8.95. The number of nitrogens with zero attached hydrogens (tertiary/aromatic N) is 6. The molecule has 156 valence electrons. The van der Waals surface area contributed by atoms with Crippen LogP contribution in [0.25, 0.3) is 11.0 Å². The quantitative estimate of drug-likeness (QED) is 0.232. The second-order valence-electron chi connectivity index (χ2n) is 7.15. The summed E-state index contributed by atoms with van der Waals surface area (Å²) >= 11 is 0. The standard InChI is InChI=1S/C20H28N8.HI/c1-15-24-16-8-3-4-9-17(16)27(15)13-7-11-22-20(21-2)23-14-19-26-25-18-10-5-6-12-28(18)19;/h3-4,8-9H,5-7,10-14H2,1-2H3,(H2,21,22,23);1H. The Balaban J connectivity index is 0.00000240. The fourth-order valence-corrected chi connectivity index (χ4v) is 3.80. The maximum absolute atomic E-state index is 4.63. The molecule has 1 aliphatic rings. The van der Waals surface area contributed by atoms with Crippen molar-refractivity contribution in [1.29, 1.82) is 0 Å². The van der Waals surface area contributed by atoms with Gasteiger partial charge in [-0.2, -0.15) is 0 Å². The van der Waals surface area contributed by atoms with E-state index in [1.54, 1.807) is 7.05 Å². The predicted octanol–water partition coefficient (Wildman–Crippen LogP) is 2.65. The van der Waals surface area contributed by atoms with Gasteiger partial charge in [-0.3, -0.25) is 4.99 Å². The second kappa shape index (κ2) is 10.0. The molecule has 0 aliphatic carbocycles. The van der Waals surface area contributed by atoms with Crippen LogP contribution in [0.1, 0.15) is 36.7 Å². The molecule has 0 amide bonds. The molecule has 0 saturated heterocycles. The second-order valence-corrected chi connectivity index (χ2v) is 7.15. The minimum atomic E-state index is 0. The number of hydrogen-bond donors (Lipinski definition) is 2. The number of rotatable bonds is 6. The molecule has 0 unspecified atom stereocenters. The van der Waals surface area contributed by atoms with Gasteiger partial charge < -0.3 is 19.8 Å². The maximum atomic E-state index is 4.63. The summed E-state index contributed by atoms with van der Waals surface area (Å²) in [5.41, 5.74) is 2.25. The lowest BCUT2D eigenvalue weighted by atomic mass is 10.2. The zero-order chi connectivity index (χ0) is 19.3. The van der Waals surface area contributed by atoms with Crippen LogP contribution >= 0.6 is 24.0 Å². The fraction of sp³-hybridized carbons (Fsp3) is 0.500. The number of halogens is 1. The van der Waals surface area contributed by atoms with E-state index in [1.165, 1.54) is 18.4 Å². The van der Waals surface area contributed by atoms with Gasteiger partial charge in [0.25, 0.3) is 0 Å². The number of aliphatic imine (C=N–C) groups is 1. The highest BCUT2D eigenvalue weighted by molar-refractivity contribution is 14.0. The molecule has 1 aromatic carbocycles. The molecule has 4 rings (SSSR count). The average Bonchev–Trinajstić information content (AvgIpc) is 3.28. The number of aryl methyl sites for hydroxylation is 3. The lowest BCUT2D eigenvalue weighted by molar-refractivity contribution is 0.504. The molecular formula is C20H29IN8. The lowest BCUT2D eigenvalue weighted by Gasteiger charge is -2.16. The number of para-hydroxylation sites is 2. The maximum Gasteiger partial charge on any atom is 0.191 e. The normalized spacial score (nSPS) is 13.8. The van der Waals surface area contributed by atoms with E-state index in [1.807, 2.05) is 6.07 Å². The van der Waals surface area contributed by atoms with Crippen molar-refractivity contribution in [3.05, 3.63) is 41.7 Å². The SMILES string of the molecule is CN=C(NCCCn1c(C)nc2ccccc21)NCc1nnc2n1CCCC2.I. The van der Waals surface area contributed by atoms with Crippen LogP contribution in [-0.2, 0) is 26.1 Å². The first-order chi connectivity index (χ1) is 13.8. The van der Waals surface area contributed by atoms with Crippen LogP contribution in [0, 0.1) is 6.92 Å². The van der Waals surface area contributed by atoms with Gasteiger partial charge in [0.1, 0.15) is 11.6 Å². The van der Waals surface area contributed by atoms with Gasteiger partial charge in [0, 0.05) is 33.1 Å². The third-order valence-electron chi connectivity index (χ3n) is 5.27. The van der Waals surface area contributed by atoms with E-state index >= 15 is 0 Å². The molecule has 0 saturated carbocycles. The number of guanidine groups is 1. The van der Waals surface area contributed by atoms with Gasteiger partial charge in [-0.15, -0.1) is 34.2 Å². The van der Waals surface area contributed by atoms with Gasteiger partial charge >= 0.3 is 0 Å². The Morgan fingerprint density at radius 1 is 1.17 bits per heavy atom. The summed E-state index contributed by atoms with van der Waals surface area (Å²) in [6.45, 7) is 5.48. The number of fused-ring (bicyclic) bond motifs is 2. The Labute approximate surface area is 188 Å². The minimum Gasteiger partial charge on any atom is -0.356 e. The number of benzene rings is 1. The summed E-state index contributed by atoms with van der Waals surface area (Å²) in [7, 11) is 1.79. The van der Waals surface area contributed by atoms with Crippen molar-refractivity contribution in [3.8, 4) is 0 Å². The van der Waals surface area contributed by atoms with E-state index in [9.17, 15) is 0 Å². The van der Waals surface area contributed by atoms with Gasteiger partial charge in [0.15, 0.2) is 11.8 Å². The topological polar surface area (TPSA) is 84.9 Å². The molecule has 1 aliphatic heterocycles. The van der Waals surface area contributed by atoms with Crippen molar-refractivity contribution < 1.29 is 0 Å². The van der Waals surface area contributed by atoms with Crippen molar-refractivity contribution in [2.75, 3.05) is 13.6 Å². The molecule has 0 fully saturated rings. The van der Waals surface area contributed by atoms with Gasteiger partial charge in [-0.05, 0) is 38.3 Å². The molecular weight excluding hydrogens is 479 g/mol. The summed E-state index contributed by atoms with van der Waals surface area (Å²) in [5, 5.41) is 15.4. The molecule has 2 N–H and O–H groups in total. The molecule has 3 heterocycles. The molecule has 0 spiro atoms. The Morgan fingerprint density at radius 2 is 2.03 bits per heavy atom. The molecule has 0 bridgehead atoms. The number of hydrogen-bond acceptors (Lipinski definition) is 4. The van der Waals surface area contributed by atoms with Crippen molar-refractivity contribution in [2.45, 2.75) is 52.2 Å². The number of nitrogens with one attached hydrogen (secondary N) is 2. The smallest absolute Gasteiger partial charge is 0.191 e. The van der Waals surface area contributed by atoms with Crippen molar-refractivity contribution in [3.63, 3.8) is 0 Å². The molecule has 3 aromatic rings. The molecule has 29 heavy (non-hydrogen) atoms. The van der Waals surface area contributed by atoms with Crippen LogP contribution in [0.3, 0.4) is 0 Å². The number of aromatic nitrogens is 5. The van der Waals surface area contributed by atoms with Crippen molar-refractivity contribution in [1.82, 2.24) is 34.9 Å². The van der Waals surface area contributed by atoms with Gasteiger partial charge in [-0.25, -0.2) is 4.98 Å². The van der Waals surface area contributed by atoms with Crippen LogP contribution in [0.2, 0.25) is 0 Å². The Bertz CT molecular complexity index is 974. The summed E-state index contributed by atoms with van der Waals surface area (Å²) in [6, 6.07) is 8.28. The highest BCUT2D eigenvalue weighted by Gasteiger charge is 2.15. The van der Waals surface area contributed by atoms with E-state index in [0.29, 0.717) is 6.54 Å². The van der Waals surface area contributed by atoms with Gasteiger partial charge in [0.2, 0.25) is 0 Å². The third-order valence-corrected chi connectivity index (χ3v) is 5.27. The van der Waals surface area contributed by atoms with E-state index < -0.39 is 0 Å². The predicted molar refractivity (Wildman–Crippen MR) is 126 cm³/mol. The summed E-state index contributed by atoms with van der Waals surface area (Å²) in [5.74, 6) is 3.94. The number of imidazole rings is 1. The molecule has 2 aromatic heterocycles. The Hall–Kier alpha value is -2.17. The van der Waals surface area contributed by atoms with Crippen molar-refractivity contribution in [2.24, 2.45) is 4.99 Å². The largest absolute Gasteiger partial charge is 0.356 e. The minimum absolute atomic E-state index is 0. The third kappa shape index (κ3) is 4.88. The zero-order valence-electron chi connectivity index (χ0n) is 17.1. The van der Waals surface area contributed by atoms with E-state index in [-0.39, 0.29) is 24.0 Å². The monoisotopic (exact) mass is 508 g/mol. The van der Waals surface area contributed by atoms with Crippen molar-refractivity contribution >= 4 is 41.0 Å². The van der Waals surface area contributed by atoms with Crippen LogP contribution in [0.15, 0.2) is 29.3 Å². The zero-order valence-corrected chi connectivity index (χ0v) is 19.4. The van der Waals surface area contributed by atoms with Crippen LogP contribution < -0.4 is 10.6 Å². The molecule has 0 radical (unpaired) electrons. The molecule has 9 heteroatoms. The van der Waals surface area contributed by atoms with E-state index in [2.05, 4.69) is 65.1 Å². The highest BCUT2D eigenvalue weighted by Crippen LogP contribution is 2.16. The van der Waals surface area contributed by atoms with E-state index in [4.69, 9.17) is 0 Å². The summed E-state index contributed by atoms with van der Waals surface area (Å²) in [6.07, 6.45) is 4.43. The lowest BCUT2D eigenvalue weighted by Crippen LogP contribution is -2.38. The fourth-order valence-electron chi connectivity index (χ4n) is 3.80. The Morgan fingerprint density at radius 3 is 2.90 bits per heavy atom. The van der Waals surface area contributed by atoms with Crippen LogP contribution in [0.4, 0.5) is 0 Å². The molecule has 8 nitrogen and oxygen atoms in total. The first-order valence-electron chi connectivity index (χ1n) is 10.0. The van der Waals surface area contributed by atoms with Gasteiger partial charge in [-0.1, -0.05) is 12.1 Å². The van der Waals surface area contributed by atoms with Crippen LogP contribution in [0.5, 0.6) is 0 Å². The van der Waals surface area contributed by atoms with Crippen LogP contribution in [-0.4, -0.2) is 43.9 Å². The van der Waals surface area contributed by atoms with E-state index in [0.717, 1.165) is 61.4 Å². The average molecular weight is 508 g/mol. The Kier molecular flexibility index (Phi) is 7.45. The first-order valence-corrected chi connectivity index (χ1v) is 10.0. The van der Waals surface area contributed by atoms with Gasteiger partial charge in [0.05, 0.1) is 17.6 Å². The first kappa shape index (κ1) is 21.5. The molecule has 0 atom stereocenters.